The number of rotatable bonds is 2. The Morgan fingerprint density at radius 1 is 1.24 bits per heavy atom. The van der Waals surface area contributed by atoms with E-state index in [1.165, 1.54) is 5.56 Å². The van der Waals surface area contributed by atoms with Gasteiger partial charge < -0.3 is 4.74 Å². The summed E-state index contributed by atoms with van der Waals surface area (Å²) in [6, 6.07) is 9.55. The molecule has 1 aromatic heterocycles. The summed E-state index contributed by atoms with van der Waals surface area (Å²) in [4.78, 5) is 4.56. The van der Waals surface area contributed by atoms with Crippen LogP contribution in [0.25, 0.3) is 0 Å². The van der Waals surface area contributed by atoms with Crippen LogP contribution in [0, 0.1) is 18.3 Å². The van der Waals surface area contributed by atoms with Crippen molar-refractivity contribution in [1.82, 2.24) is 4.98 Å². The van der Waals surface area contributed by atoms with Crippen molar-refractivity contribution in [3.63, 3.8) is 0 Å². The molecule has 106 valence electrons. The molecule has 0 radical (unpaired) electrons. The molecule has 3 nitrogen and oxygen atoms in total. The molecule has 2 aromatic rings. The van der Waals surface area contributed by atoms with Gasteiger partial charge in [0.05, 0.1) is 0 Å². The van der Waals surface area contributed by atoms with Gasteiger partial charge in [0.2, 0.25) is 5.88 Å². The SMILES string of the molecule is Cc1ccc(Cl)cc1Oc1nc2c(cc1C#N)CCCC2. The third-order valence-electron chi connectivity index (χ3n) is 3.74. The van der Waals surface area contributed by atoms with Crippen LogP contribution >= 0.6 is 11.6 Å². The van der Waals surface area contributed by atoms with Gasteiger partial charge in [0, 0.05) is 10.7 Å². The van der Waals surface area contributed by atoms with E-state index in [2.05, 4.69) is 11.1 Å². The number of hydrogen-bond acceptors (Lipinski definition) is 3. The van der Waals surface area contributed by atoms with Crippen LogP contribution in [-0.2, 0) is 12.8 Å². The van der Waals surface area contributed by atoms with Crippen LogP contribution in [0.5, 0.6) is 11.6 Å². The molecule has 0 fully saturated rings. The second-order valence-electron chi connectivity index (χ2n) is 5.28. The first kappa shape index (κ1) is 13.9. The number of hydrogen-bond donors (Lipinski definition) is 0. The first-order chi connectivity index (χ1) is 10.2. The molecule has 0 spiro atoms. The molecule has 1 heterocycles. The molecule has 0 saturated carbocycles. The Kier molecular flexibility index (Phi) is 3.81. The number of aryl methyl sites for hydroxylation is 3. The summed E-state index contributed by atoms with van der Waals surface area (Å²) in [5, 5.41) is 9.93. The van der Waals surface area contributed by atoms with Crippen LogP contribution in [0.1, 0.15) is 35.2 Å². The molecule has 0 unspecified atom stereocenters. The zero-order valence-corrected chi connectivity index (χ0v) is 12.6. The minimum atomic E-state index is 0.378. The van der Waals surface area contributed by atoms with Crippen LogP contribution < -0.4 is 4.74 Å². The van der Waals surface area contributed by atoms with Crippen molar-refractivity contribution < 1.29 is 4.74 Å². The zero-order chi connectivity index (χ0) is 14.8. The van der Waals surface area contributed by atoms with Gasteiger partial charge in [-0.05, 0) is 61.9 Å². The Bertz CT molecular complexity index is 734. The van der Waals surface area contributed by atoms with Crippen LogP contribution in [0.3, 0.4) is 0 Å². The van der Waals surface area contributed by atoms with Crippen LogP contribution in [0.4, 0.5) is 0 Å². The molecule has 0 N–H and O–H groups in total. The summed E-state index contributed by atoms with van der Waals surface area (Å²) in [6.07, 6.45) is 4.24. The Labute approximate surface area is 129 Å². The molecule has 0 bridgehead atoms. The van der Waals surface area contributed by atoms with E-state index in [-0.39, 0.29) is 0 Å². The van der Waals surface area contributed by atoms with E-state index in [1.807, 2.05) is 25.1 Å². The van der Waals surface area contributed by atoms with Crippen LogP contribution in [0.2, 0.25) is 5.02 Å². The number of nitriles is 1. The Morgan fingerprint density at radius 3 is 2.86 bits per heavy atom. The van der Waals surface area contributed by atoms with Crippen molar-refractivity contribution in [2.75, 3.05) is 0 Å². The van der Waals surface area contributed by atoms with Gasteiger partial charge in [0.15, 0.2) is 0 Å². The van der Waals surface area contributed by atoms with Gasteiger partial charge in [-0.25, -0.2) is 4.98 Å². The van der Waals surface area contributed by atoms with E-state index in [1.54, 1.807) is 6.07 Å². The van der Waals surface area contributed by atoms with Crippen molar-refractivity contribution in [3.8, 4) is 17.7 Å². The average Bonchev–Trinajstić information content (AvgIpc) is 2.50. The minimum Gasteiger partial charge on any atom is -0.437 e. The average molecular weight is 299 g/mol. The number of pyridine rings is 1. The van der Waals surface area contributed by atoms with Crippen molar-refractivity contribution in [1.29, 1.82) is 5.26 Å². The number of aromatic nitrogens is 1. The van der Waals surface area contributed by atoms with E-state index in [0.717, 1.165) is 36.9 Å². The summed E-state index contributed by atoms with van der Waals surface area (Å²) >= 11 is 6.01. The lowest BCUT2D eigenvalue weighted by Crippen LogP contribution is -2.07. The molecule has 0 amide bonds. The lowest BCUT2D eigenvalue weighted by Gasteiger charge is -2.17. The van der Waals surface area contributed by atoms with E-state index in [9.17, 15) is 5.26 Å². The van der Waals surface area contributed by atoms with Crippen molar-refractivity contribution >= 4 is 11.6 Å². The van der Waals surface area contributed by atoms with Gasteiger partial charge in [0.1, 0.15) is 17.4 Å². The maximum Gasteiger partial charge on any atom is 0.237 e. The standard InChI is InChI=1S/C17H15ClN2O/c1-11-6-7-14(18)9-16(11)21-17-13(10-19)8-12-4-2-3-5-15(12)20-17/h6-9H,2-5H2,1H3. The summed E-state index contributed by atoms with van der Waals surface area (Å²) in [7, 11) is 0. The summed E-state index contributed by atoms with van der Waals surface area (Å²) in [5.74, 6) is 1.02. The van der Waals surface area contributed by atoms with E-state index < -0.39 is 0 Å². The minimum absolute atomic E-state index is 0.378. The molecule has 0 aliphatic heterocycles. The molecular formula is C17H15ClN2O. The fraction of sp³-hybridized carbons (Fsp3) is 0.294. The first-order valence-electron chi connectivity index (χ1n) is 7.04. The number of fused-ring (bicyclic) bond motifs is 1. The topological polar surface area (TPSA) is 45.9 Å². The summed E-state index contributed by atoms with van der Waals surface area (Å²) in [6.45, 7) is 1.94. The van der Waals surface area contributed by atoms with Crippen molar-refractivity contribution in [3.05, 3.63) is 51.7 Å². The fourth-order valence-corrected chi connectivity index (χ4v) is 2.72. The monoisotopic (exact) mass is 298 g/mol. The van der Waals surface area contributed by atoms with Gasteiger partial charge in [-0.2, -0.15) is 5.26 Å². The molecule has 21 heavy (non-hydrogen) atoms. The molecule has 0 atom stereocenters. The van der Waals surface area contributed by atoms with Gasteiger partial charge in [-0.1, -0.05) is 17.7 Å². The highest BCUT2D eigenvalue weighted by atomic mass is 35.5. The largest absolute Gasteiger partial charge is 0.437 e. The smallest absolute Gasteiger partial charge is 0.237 e. The predicted octanol–water partition coefficient (Wildman–Crippen LogP) is 4.59. The highest BCUT2D eigenvalue weighted by Gasteiger charge is 2.17. The summed E-state index contributed by atoms with van der Waals surface area (Å²) < 4.78 is 5.86. The second kappa shape index (κ2) is 5.75. The lowest BCUT2D eigenvalue weighted by atomic mass is 9.95. The first-order valence-corrected chi connectivity index (χ1v) is 7.42. The molecule has 3 rings (SSSR count). The Morgan fingerprint density at radius 2 is 2.05 bits per heavy atom. The molecule has 0 saturated heterocycles. The quantitative estimate of drug-likeness (QED) is 0.815. The fourth-order valence-electron chi connectivity index (χ4n) is 2.56. The normalized spacial score (nSPS) is 13.4. The molecule has 1 aromatic carbocycles. The van der Waals surface area contributed by atoms with Crippen molar-refractivity contribution in [2.45, 2.75) is 32.6 Å². The Hall–Kier alpha value is -2.05. The van der Waals surface area contributed by atoms with Gasteiger partial charge in [0.25, 0.3) is 0 Å². The Balaban J connectivity index is 2.02. The highest BCUT2D eigenvalue weighted by molar-refractivity contribution is 6.30. The maximum absolute atomic E-state index is 9.33. The van der Waals surface area contributed by atoms with Crippen LogP contribution in [-0.4, -0.2) is 4.98 Å². The number of halogens is 1. The molecular weight excluding hydrogens is 284 g/mol. The molecule has 4 heteroatoms. The van der Waals surface area contributed by atoms with Crippen molar-refractivity contribution in [2.24, 2.45) is 0 Å². The van der Waals surface area contributed by atoms with Crippen LogP contribution in [0.15, 0.2) is 24.3 Å². The van der Waals surface area contributed by atoms with Gasteiger partial charge in [-0.3, -0.25) is 0 Å². The zero-order valence-electron chi connectivity index (χ0n) is 11.8. The number of ether oxygens (including phenoxy) is 1. The highest BCUT2D eigenvalue weighted by Crippen LogP contribution is 2.31. The van der Waals surface area contributed by atoms with E-state index >= 15 is 0 Å². The third kappa shape index (κ3) is 2.86. The number of nitrogens with zero attached hydrogens (tertiary/aromatic N) is 2. The maximum atomic E-state index is 9.33. The van der Waals surface area contributed by atoms with E-state index in [4.69, 9.17) is 16.3 Å². The third-order valence-corrected chi connectivity index (χ3v) is 3.98. The van der Waals surface area contributed by atoms with Gasteiger partial charge >= 0.3 is 0 Å². The lowest BCUT2D eigenvalue weighted by molar-refractivity contribution is 0.453. The number of benzene rings is 1. The second-order valence-corrected chi connectivity index (χ2v) is 5.71. The van der Waals surface area contributed by atoms with Gasteiger partial charge in [-0.15, -0.1) is 0 Å². The molecule has 1 aliphatic carbocycles. The van der Waals surface area contributed by atoms with E-state index in [0.29, 0.717) is 22.2 Å². The summed E-state index contributed by atoms with van der Waals surface area (Å²) in [5.41, 5.74) is 3.67. The predicted molar refractivity (Wildman–Crippen MR) is 81.9 cm³/mol. The molecule has 1 aliphatic rings.